The Morgan fingerprint density at radius 2 is 1.90 bits per heavy atom. The summed E-state index contributed by atoms with van der Waals surface area (Å²) < 4.78 is 46.8. The van der Waals surface area contributed by atoms with Crippen molar-refractivity contribution in [2.24, 2.45) is 4.99 Å². The van der Waals surface area contributed by atoms with Crippen LogP contribution in [-0.4, -0.2) is 52.4 Å². The standard InChI is InChI=1S/C19H22F3N3O3S/c1-17(2,3)28-16(26)25-9-7-18(8-10-25)15(29)23-14(24-18)12-5-4-6-13(11-12)27-19(20,21)22/h4-6,11H,7-10H2,1-3H3,(H,23,24,29). The highest BCUT2D eigenvalue weighted by Crippen LogP contribution is 2.33. The summed E-state index contributed by atoms with van der Waals surface area (Å²) in [5, 5.41) is 3.01. The molecule has 0 bridgehead atoms. The molecule has 0 saturated carbocycles. The topological polar surface area (TPSA) is 63.2 Å². The molecule has 1 saturated heterocycles. The van der Waals surface area contributed by atoms with Crippen LogP contribution in [0.25, 0.3) is 0 Å². The van der Waals surface area contributed by atoms with Gasteiger partial charge in [0, 0.05) is 18.7 Å². The lowest BCUT2D eigenvalue weighted by molar-refractivity contribution is -0.274. The molecule has 29 heavy (non-hydrogen) atoms. The van der Waals surface area contributed by atoms with Gasteiger partial charge in [0.05, 0.1) is 0 Å². The summed E-state index contributed by atoms with van der Waals surface area (Å²) in [5.41, 5.74) is -0.810. The Morgan fingerprint density at radius 3 is 2.48 bits per heavy atom. The number of carbonyl (C=O) groups excluding carboxylic acids is 1. The van der Waals surface area contributed by atoms with Crippen LogP contribution in [0.1, 0.15) is 39.2 Å². The summed E-state index contributed by atoms with van der Waals surface area (Å²) in [5.74, 6) is 0.0689. The fourth-order valence-electron chi connectivity index (χ4n) is 3.22. The van der Waals surface area contributed by atoms with Crippen molar-refractivity contribution in [3.8, 4) is 5.75 Å². The van der Waals surface area contributed by atoms with Crippen molar-refractivity contribution < 1.29 is 27.4 Å². The van der Waals surface area contributed by atoms with Crippen molar-refractivity contribution in [3.05, 3.63) is 29.8 Å². The van der Waals surface area contributed by atoms with Crippen LogP contribution in [-0.2, 0) is 4.74 Å². The van der Waals surface area contributed by atoms with E-state index >= 15 is 0 Å². The van der Waals surface area contributed by atoms with Crippen LogP contribution in [0.2, 0.25) is 0 Å². The number of amidine groups is 1. The number of benzene rings is 1. The second-order valence-electron chi connectivity index (χ2n) is 7.99. The zero-order valence-corrected chi connectivity index (χ0v) is 17.1. The third-order valence-corrected chi connectivity index (χ3v) is 5.05. The average Bonchev–Trinajstić information content (AvgIpc) is 2.89. The van der Waals surface area contributed by atoms with E-state index in [-0.39, 0.29) is 11.8 Å². The zero-order chi connectivity index (χ0) is 21.4. The molecule has 1 spiro atoms. The zero-order valence-electron chi connectivity index (χ0n) is 16.3. The minimum absolute atomic E-state index is 0.328. The van der Waals surface area contributed by atoms with E-state index in [1.807, 2.05) is 0 Å². The number of aliphatic imine (C=N–C) groups is 1. The molecule has 0 radical (unpaired) electrons. The van der Waals surface area contributed by atoms with Gasteiger partial charge in [-0.05, 0) is 45.7 Å². The number of hydrogen-bond acceptors (Lipinski definition) is 5. The number of ether oxygens (including phenoxy) is 2. The number of carbonyl (C=O) groups is 1. The highest BCUT2D eigenvalue weighted by molar-refractivity contribution is 7.80. The van der Waals surface area contributed by atoms with Crippen molar-refractivity contribution in [1.82, 2.24) is 10.2 Å². The normalized spacial score (nSPS) is 19.0. The highest BCUT2D eigenvalue weighted by Gasteiger charge is 2.44. The molecule has 3 rings (SSSR count). The Bertz CT molecular complexity index is 841. The van der Waals surface area contributed by atoms with E-state index in [2.05, 4.69) is 15.0 Å². The Balaban J connectivity index is 1.73. The van der Waals surface area contributed by atoms with Gasteiger partial charge in [0.1, 0.15) is 27.7 Å². The molecule has 0 aromatic heterocycles. The molecular weight excluding hydrogens is 407 g/mol. The molecule has 158 valence electrons. The number of piperidine rings is 1. The van der Waals surface area contributed by atoms with Gasteiger partial charge in [-0.3, -0.25) is 4.99 Å². The summed E-state index contributed by atoms with van der Waals surface area (Å²) >= 11 is 5.47. The highest BCUT2D eigenvalue weighted by atomic mass is 32.1. The Kier molecular flexibility index (Phi) is 5.50. The molecule has 1 aromatic rings. The lowest BCUT2D eigenvalue weighted by Gasteiger charge is -2.37. The van der Waals surface area contributed by atoms with Crippen LogP contribution in [0.3, 0.4) is 0 Å². The van der Waals surface area contributed by atoms with E-state index in [0.717, 1.165) is 0 Å². The molecule has 0 aliphatic carbocycles. The third kappa shape index (κ3) is 5.17. The van der Waals surface area contributed by atoms with E-state index in [0.29, 0.717) is 42.3 Å². The maximum atomic E-state index is 12.5. The number of halogens is 3. The van der Waals surface area contributed by atoms with E-state index in [1.54, 1.807) is 31.7 Å². The van der Waals surface area contributed by atoms with Crippen molar-refractivity contribution in [2.45, 2.75) is 51.1 Å². The fraction of sp³-hybridized carbons (Fsp3) is 0.526. The number of nitrogens with one attached hydrogen (secondary N) is 1. The third-order valence-electron chi connectivity index (χ3n) is 4.56. The number of nitrogens with zero attached hydrogens (tertiary/aromatic N) is 2. The van der Waals surface area contributed by atoms with Crippen molar-refractivity contribution in [2.75, 3.05) is 13.1 Å². The number of thiocarbonyl (C=S) groups is 1. The number of likely N-dealkylation sites (tertiary alicyclic amines) is 1. The predicted octanol–water partition coefficient (Wildman–Crippen LogP) is 4.03. The van der Waals surface area contributed by atoms with Gasteiger partial charge in [-0.25, -0.2) is 4.79 Å². The Hall–Kier alpha value is -2.36. The lowest BCUT2D eigenvalue weighted by Crippen LogP contribution is -2.50. The van der Waals surface area contributed by atoms with Crippen LogP contribution in [0.5, 0.6) is 5.75 Å². The molecular formula is C19H22F3N3O3S. The largest absolute Gasteiger partial charge is 0.573 e. The predicted molar refractivity (Wildman–Crippen MR) is 105 cm³/mol. The number of alkyl halides is 3. The quantitative estimate of drug-likeness (QED) is 0.720. The SMILES string of the molecule is CC(C)(C)OC(=O)N1CCC2(CC1)N=C(c1cccc(OC(F)(F)F)c1)NC2=S. The van der Waals surface area contributed by atoms with Gasteiger partial charge in [-0.2, -0.15) is 0 Å². The first-order valence-corrected chi connectivity index (χ1v) is 9.53. The van der Waals surface area contributed by atoms with Gasteiger partial charge in [0.2, 0.25) is 0 Å². The summed E-state index contributed by atoms with van der Waals surface area (Å²) in [7, 11) is 0. The molecule has 0 unspecified atom stereocenters. The van der Waals surface area contributed by atoms with E-state index in [9.17, 15) is 18.0 Å². The van der Waals surface area contributed by atoms with Gasteiger partial charge >= 0.3 is 12.5 Å². The van der Waals surface area contributed by atoms with Crippen molar-refractivity contribution >= 4 is 29.1 Å². The van der Waals surface area contributed by atoms with Gasteiger partial charge < -0.3 is 19.7 Å². The molecule has 1 aromatic carbocycles. The van der Waals surface area contributed by atoms with Crippen molar-refractivity contribution in [1.29, 1.82) is 0 Å². The van der Waals surface area contributed by atoms with Crippen LogP contribution < -0.4 is 10.1 Å². The summed E-state index contributed by atoms with van der Waals surface area (Å²) in [6, 6.07) is 5.57. The molecule has 1 amide bonds. The first-order chi connectivity index (χ1) is 13.4. The fourth-order valence-corrected chi connectivity index (χ4v) is 3.56. The summed E-state index contributed by atoms with van der Waals surface area (Å²) in [6.45, 7) is 6.26. The summed E-state index contributed by atoms with van der Waals surface area (Å²) in [4.78, 5) is 19.0. The van der Waals surface area contributed by atoms with Gasteiger partial charge in [-0.15, -0.1) is 13.2 Å². The second kappa shape index (κ2) is 7.47. The van der Waals surface area contributed by atoms with Gasteiger partial charge in [-0.1, -0.05) is 24.4 Å². The average molecular weight is 429 g/mol. The number of hydrogen-bond donors (Lipinski definition) is 1. The van der Waals surface area contributed by atoms with E-state index < -0.39 is 17.5 Å². The first-order valence-electron chi connectivity index (χ1n) is 9.12. The maximum absolute atomic E-state index is 12.5. The smallest absolute Gasteiger partial charge is 0.444 e. The van der Waals surface area contributed by atoms with Crippen LogP contribution in [0, 0.1) is 0 Å². The van der Waals surface area contributed by atoms with Crippen molar-refractivity contribution in [3.63, 3.8) is 0 Å². The molecule has 0 atom stereocenters. The van der Waals surface area contributed by atoms with Crippen LogP contribution in [0.4, 0.5) is 18.0 Å². The monoisotopic (exact) mass is 429 g/mol. The Labute approximate surface area is 172 Å². The minimum Gasteiger partial charge on any atom is -0.444 e. The minimum atomic E-state index is -4.77. The molecule has 2 heterocycles. The molecule has 2 aliphatic rings. The van der Waals surface area contributed by atoms with Gasteiger partial charge in [0.15, 0.2) is 0 Å². The number of rotatable bonds is 2. The second-order valence-corrected chi connectivity index (χ2v) is 8.40. The van der Waals surface area contributed by atoms with E-state index in [1.165, 1.54) is 18.2 Å². The summed E-state index contributed by atoms with van der Waals surface area (Å²) in [6.07, 6.45) is -4.15. The van der Waals surface area contributed by atoms with Crippen LogP contribution in [0.15, 0.2) is 29.3 Å². The lowest BCUT2D eigenvalue weighted by atomic mass is 9.89. The molecule has 1 N–H and O–H groups in total. The molecule has 2 aliphatic heterocycles. The molecule has 10 heteroatoms. The number of amides is 1. The van der Waals surface area contributed by atoms with Gasteiger partial charge in [0.25, 0.3) is 0 Å². The maximum Gasteiger partial charge on any atom is 0.573 e. The Morgan fingerprint density at radius 1 is 1.24 bits per heavy atom. The first kappa shape index (κ1) is 21.4. The van der Waals surface area contributed by atoms with Crippen LogP contribution >= 0.6 is 12.2 Å². The molecule has 1 fully saturated rings. The molecule has 6 nitrogen and oxygen atoms in total. The van der Waals surface area contributed by atoms with E-state index in [4.69, 9.17) is 17.0 Å².